The Morgan fingerprint density at radius 3 is 1.11 bits per heavy atom. The second-order valence-electron chi connectivity index (χ2n) is 0.649. The molecule has 0 unspecified atom stereocenters. The molecule has 0 bridgehead atoms. The molecule has 0 radical (unpaired) electrons. The van der Waals surface area contributed by atoms with Crippen LogP contribution in [-0.2, 0) is 18.5 Å². The van der Waals surface area contributed by atoms with Gasteiger partial charge in [0.05, 0.1) is 0 Å². The van der Waals surface area contributed by atoms with Gasteiger partial charge in [0.2, 0.25) is 0 Å². The van der Waals surface area contributed by atoms with Crippen LogP contribution in [0.3, 0.4) is 0 Å². The Bertz CT molecular complexity index is 40.3. The van der Waals surface area contributed by atoms with Crippen LogP contribution < -0.4 is 0 Å². The Balaban J connectivity index is -0.0000000600. The van der Waals surface area contributed by atoms with Gasteiger partial charge in [-0.25, -0.2) is 39.2 Å². The number of rotatable bonds is 0. The number of allylic oxidation sites excluding steroid dienone is 2. The zero-order valence-corrected chi connectivity index (χ0v) is 10.9. The van der Waals surface area contributed by atoms with E-state index in [1.165, 1.54) is 12.2 Å². The molecular formula is C6H10Br2Zr. The van der Waals surface area contributed by atoms with E-state index < -0.39 is 0 Å². The fourth-order valence-electron chi connectivity index (χ4n) is 0. The fraction of sp³-hybridized carbons (Fsp3) is 0. The van der Waals surface area contributed by atoms with E-state index in [-0.39, 0.29) is 18.5 Å². The van der Waals surface area contributed by atoms with Crippen LogP contribution in [0.1, 0.15) is 0 Å². The van der Waals surface area contributed by atoms with Crippen LogP contribution in [0.4, 0.5) is 0 Å². The quantitative estimate of drug-likeness (QED) is 0.593. The summed E-state index contributed by atoms with van der Waals surface area (Å²) >= 11 is 6.32. The summed E-state index contributed by atoms with van der Waals surface area (Å²) in [5, 5.41) is 0. The van der Waals surface area contributed by atoms with Crippen molar-refractivity contribution in [2.24, 2.45) is 0 Å². The van der Waals surface area contributed by atoms with E-state index in [1.54, 1.807) is 0 Å². The normalized spacial score (nSPS) is 3.78. The molecule has 0 nitrogen and oxygen atoms in total. The summed E-state index contributed by atoms with van der Waals surface area (Å²) < 4.78 is 0. The Morgan fingerprint density at radius 2 is 1.11 bits per heavy atom. The minimum absolute atomic E-state index is 0.145. The standard InChI is InChI=1S/2C3H5.2BrH.Zr/c2*1-3-2;;;/h2*3H,1-2H2;2*1H;/q2*-1;;;+4/p-2. The summed E-state index contributed by atoms with van der Waals surface area (Å²) in [6.07, 6.45) is 3.00. The van der Waals surface area contributed by atoms with Crippen molar-refractivity contribution in [1.82, 2.24) is 0 Å². The Hall–Kier alpha value is 1.06. The molecule has 0 amide bonds. The fourth-order valence-corrected chi connectivity index (χ4v) is 0. The van der Waals surface area contributed by atoms with Gasteiger partial charge in [0.15, 0.2) is 0 Å². The van der Waals surface area contributed by atoms with Gasteiger partial charge in [0.25, 0.3) is 0 Å². The van der Waals surface area contributed by atoms with Crippen molar-refractivity contribution in [2.75, 3.05) is 0 Å². The first-order valence-corrected chi connectivity index (χ1v) is 13.3. The van der Waals surface area contributed by atoms with E-state index in [0.717, 1.165) is 0 Å². The number of halogens is 2. The molecule has 0 aliphatic heterocycles. The van der Waals surface area contributed by atoms with Crippen LogP contribution in [0.5, 0.6) is 0 Å². The van der Waals surface area contributed by atoms with Gasteiger partial charge in [-0.2, -0.15) is 0 Å². The average molecular weight is 333 g/mol. The van der Waals surface area contributed by atoms with Crippen LogP contribution in [0.15, 0.2) is 25.3 Å². The van der Waals surface area contributed by atoms with Crippen molar-refractivity contribution in [1.29, 1.82) is 0 Å². The predicted molar refractivity (Wildman–Crippen MR) is 49.0 cm³/mol. The maximum atomic E-state index is 3.25. The third-order valence-corrected chi connectivity index (χ3v) is 0. The van der Waals surface area contributed by atoms with Crippen LogP contribution in [0.2, 0.25) is 0 Å². The van der Waals surface area contributed by atoms with E-state index >= 15 is 0 Å². The summed E-state index contributed by atoms with van der Waals surface area (Å²) in [7, 11) is 0. The summed E-state index contributed by atoms with van der Waals surface area (Å²) in [6.45, 7) is 13.0. The van der Waals surface area contributed by atoms with E-state index in [2.05, 4.69) is 51.4 Å². The van der Waals surface area contributed by atoms with Crippen molar-refractivity contribution < 1.29 is 18.5 Å². The summed E-state index contributed by atoms with van der Waals surface area (Å²) in [5.41, 5.74) is 0. The summed E-state index contributed by atoms with van der Waals surface area (Å²) in [6, 6.07) is 0. The van der Waals surface area contributed by atoms with Gasteiger partial charge in [-0.1, -0.05) is 0 Å². The molecule has 3 heteroatoms. The third-order valence-electron chi connectivity index (χ3n) is 0. The molecule has 0 fully saturated rings. The van der Waals surface area contributed by atoms with Gasteiger partial charge < -0.3 is 0 Å². The van der Waals surface area contributed by atoms with E-state index in [1.807, 2.05) is 0 Å². The van der Waals surface area contributed by atoms with Gasteiger partial charge in [-0.3, -0.25) is 0 Å². The molecule has 0 rings (SSSR count). The van der Waals surface area contributed by atoms with Gasteiger partial charge in [0.1, 0.15) is 0 Å². The minimum atomic E-state index is -0.145. The Morgan fingerprint density at radius 1 is 1.11 bits per heavy atom. The Kier molecular flexibility index (Phi) is 65.7. The van der Waals surface area contributed by atoms with Gasteiger partial charge in [0, 0.05) is 0 Å². The Labute approximate surface area is 81.3 Å². The van der Waals surface area contributed by atoms with Crippen molar-refractivity contribution in [3.63, 3.8) is 0 Å². The van der Waals surface area contributed by atoms with Crippen molar-refractivity contribution in [2.45, 2.75) is 0 Å². The van der Waals surface area contributed by atoms with Gasteiger partial charge in [-0.05, 0) is 0 Å². The topological polar surface area (TPSA) is 0 Å². The zero-order chi connectivity index (χ0) is 8.12. The average Bonchev–Trinajstić information content (AvgIpc) is 1.70. The van der Waals surface area contributed by atoms with E-state index in [9.17, 15) is 0 Å². The molecule has 0 heterocycles. The first-order chi connectivity index (χ1) is 4.24. The SMILES string of the molecule is C=C[CH2-].C=C[CH2-].[Br][Zr+2][Br]. The molecule has 0 spiro atoms. The predicted octanol–water partition coefficient (Wildman–Crippen LogP) is 3.70. The molecule has 52 valence electrons. The second-order valence-corrected chi connectivity index (χ2v) is 12.0. The molecule has 0 saturated heterocycles. The first-order valence-electron chi connectivity index (χ1n) is 2.01. The summed E-state index contributed by atoms with van der Waals surface area (Å²) in [5.74, 6) is 0. The molecule has 0 N–H and O–H groups in total. The molecular weight excluding hydrogens is 323 g/mol. The van der Waals surface area contributed by atoms with Gasteiger partial charge >= 0.3 is 43.0 Å². The monoisotopic (exact) mass is 330 g/mol. The number of hydrogen-bond donors (Lipinski definition) is 0. The molecule has 0 aromatic heterocycles. The molecule has 0 atom stereocenters. The van der Waals surface area contributed by atoms with E-state index in [0.29, 0.717) is 0 Å². The molecule has 0 aliphatic rings. The molecule has 0 aromatic rings. The zero-order valence-electron chi connectivity index (χ0n) is 5.24. The molecule has 9 heavy (non-hydrogen) atoms. The second kappa shape index (κ2) is 35.7. The van der Waals surface area contributed by atoms with Crippen molar-refractivity contribution in [3.8, 4) is 0 Å². The number of hydrogen-bond acceptors (Lipinski definition) is 0. The molecule has 0 saturated carbocycles. The van der Waals surface area contributed by atoms with Gasteiger partial charge in [-0.15, -0.1) is 0 Å². The molecule has 0 aliphatic carbocycles. The van der Waals surface area contributed by atoms with Crippen LogP contribution in [-0.4, -0.2) is 0 Å². The third kappa shape index (κ3) is 400. The summed E-state index contributed by atoms with van der Waals surface area (Å²) in [4.78, 5) is 0. The van der Waals surface area contributed by atoms with Crippen molar-refractivity contribution >= 4 is 24.4 Å². The van der Waals surface area contributed by atoms with Crippen molar-refractivity contribution in [3.05, 3.63) is 39.2 Å². The molecule has 0 aromatic carbocycles. The first kappa shape index (κ1) is 16.6. The van der Waals surface area contributed by atoms with Crippen LogP contribution in [0, 0.1) is 13.8 Å². The van der Waals surface area contributed by atoms with E-state index in [4.69, 9.17) is 0 Å². The van der Waals surface area contributed by atoms with Crippen LogP contribution in [0.25, 0.3) is 0 Å². The van der Waals surface area contributed by atoms with Crippen LogP contribution >= 0.6 is 24.4 Å². The maximum absolute atomic E-state index is 3.25.